The van der Waals surface area contributed by atoms with Crippen molar-refractivity contribution in [2.75, 3.05) is 26.2 Å². The van der Waals surface area contributed by atoms with Gasteiger partial charge in [0.1, 0.15) is 0 Å². The van der Waals surface area contributed by atoms with E-state index in [4.69, 9.17) is 0 Å². The van der Waals surface area contributed by atoms with Crippen molar-refractivity contribution in [1.29, 1.82) is 0 Å². The second-order valence-electron chi connectivity index (χ2n) is 5.24. The van der Waals surface area contributed by atoms with Crippen LogP contribution in [0.4, 0.5) is 0 Å². The van der Waals surface area contributed by atoms with Crippen LogP contribution < -0.4 is 0 Å². The Morgan fingerprint density at radius 1 is 1.06 bits per heavy atom. The van der Waals surface area contributed by atoms with Crippen LogP contribution in [-0.4, -0.2) is 54.4 Å². The van der Waals surface area contributed by atoms with Gasteiger partial charge < -0.3 is 5.11 Å². The minimum absolute atomic E-state index is 0.258. The predicted molar refractivity (Wildman–Crippen MR) is 65.7 cm³/mol. The smallest absolute Gasteiger partial charge is 0.282 e. The molecule has 0 radical (unpaired) electrons. The molecule has 0 aromatic heterocycles. The average Bonchev–Trinajstić information content (AvgIpc) is 2.29. The standard InChI is InChI=1S/C11H22N2O3S/c1-10-4-7-12(8-5-10)17(15,16)13-6-2-3-11(14)9-13/h10-11,14H,2-9H2,1H3/t11-/m0/s1. The van der Waals surface area contributed by atoms with E-state index >= 15 is 0 Å². The largest absolute Gasteiger partial charge is 0.392 e. The third kappa shape index (κ3) is 2.99. The van der Waals surface area contributed by atoms with Crippen LogP contribution in [-0.2, 0) is 10.2 Å². The fourth-order valence-corrected chi connectivity index (χ4v) is 4.23. The van der Waals surface area contributed by atoms with Gasteiger partial charge in [-0.2, -0.15) is 17.0 Å². The van der Waals surface area contributed by atoms with Gasteiger partial charge in [-0.1, -0.05) is 6.92 Å². The molecule has 0 unspecified atom stereocenters. The van der Waals surface area contributed by atoms with E-state index < -0.39 is 16.3 Å². The molecular formula is C11H22N2O3S. The van der Waals surface area contributed by atoms with Gasteiger partial charge in [0, 0.05) is 26.2 Å². The Bertz CT molecular complexity index is 350. The quantitative estimate of drug-likeness (QED) is 0.784. The third-order valence-corrected chi connectivity index (χ3v) is 5.76. The van der Waals surface area contributed by atoms with Crippen LogP contribution in [0.2, 0.25) is 0 Å². The summed E-state index contributed by atoms with van der Waals surface area (Å²) in [7, 11) is -3.33. The minimum atomic E-state index is -3.33. The highest BCUT2D eigenvalue weighted by molar-refractivity contribution is 7.86. The van der Waals surface area contributed by atoms with E-state index in [1.165, 1.54) is 4.31 Å². The Hall–Kier alpha value is -0.170. The molecule has 0 aromatic rings. The highest BCUT2D eigenvalue weighted by Crippen LogP contribution is 2.22. The monoisotopic (exact) mass is 262 g/mol. The molecule has 0 amide bonds. The molecule has 0 aromatic carbocycles. The molecule has 17 heavy (non-hydrogen) atoms. The average molecular weight is 262 g/mol. The number of aliphatic hydroxyl groups excluding tert-OH is 1. The zero-order valence-corrected chi connectivity index (χ0v) is 11.2. The van der Waals surface area contributed by atoms with E-state index in [1.54, 1.807) is 4.31 Å². The second kappa shape index (κ2) is 5.22. The summed E-state index contributed by atoms with van der Waals surface area (Å²) in [5.41, 5.74) is 0. The van der Waals surface area contributed by atoms with Crippen molar-refractivity contribution < 1.29 is 13.5 Å². The summed E-state index contributed by atoms with van der Waals surface area (Å²) in [6.07, 6.45) is 2.85. The Balaban J connectivity index is 2.02. The molecule has 1 atom stereocenters. The number of hydrogen-bond acceptors (Lipinski definition) is 3. The fourth-order valence-electron chi connectivity index (χ4n) is 2.51. The van der Waals surface area contributed by atoms with Gasteiger partial charge in [0.15, 0.2) is 0 Å². The molecule has 5 nitrogen and oxygen atoms in total. The van der Waals surface area contributed by atoms with Crippen LogP contribution in [0.3, 0.4) is 0 Å². The molecule has 2 rings (SSSR count). The molecule has 2 aliphatic heterocycles. The lowest BCUT2D eigenvalue weighted by Crippen LogP contribution is -2.51. The highest BCUT2D eigenvalue weighted by atomic mass is 32.2. The maximum absolute atomic E-state index is 12.3. The van der Waals surface area contributed by atoms with Crippen LogP contribution >= 0.6 is 0 Å². The first kappa shape index (κ1) is 13.3. The highest BCUT2D eigenvalue weighted by Gasteiger charge is 2.34. The number of nitrogens with zero attached hydrogens (tertiary/aromatic N) is 2. The van der Waals surface area contributed by atoms with Crippen molar-refractivity contribution in [3.63, 3.8) is 0 Å². The van der Waals surface area contributed by atoms with Gasteiger partial charge in [0.25, 0.3) is 10.2 Å². The Morgan fingerprint density at radius 2 is 1.71 bits per heavy atom. The summed E-state index contributed by atoms with van der Waals surface area (Å²) in [6, 6.07) is 0. The zero-order chi connectivity index (χ0) is 12.5. The van der Waals surface area contributed by atoms with Gasteiger partial charge in [-0.25, -0.2) is 0 Å². The summed E-state index contributed by atoms with van der Waals surface area (Å²) >= 11 is 0. The van der Waals surface area contributed by atoms with Crippen LogP contribution in [0.15, 0.2) is 0 Å². The number of piperidine rings is 2. The summed E-state index contributed by atoms with van der Waals surface area (Å²) in [5, 5.41) is 9.56. The molecule has 6 heteroatoms. The Morgan fingerprint density at radius 3 is 2.29 bits per heavy atom. The van der Waals surface area contributed by atoms with Gasteiger partial charge in [-0.3, -0.25) is 0 Å². The summed E-state index contributed by atoms with van der Waals surface area (Å²) < 4.78 is 27.7. The first-order valence-corrected chi connectivity index (χ1v) is 7.83. The van der Waals surface area contributed by atoms with E-state index in [0.717, 1.165) is 19.3 Å². The fraction of sp³-hybridized carbons (Fsp3) is 1.00. The van der Waals surface area contributed by atoms with Gasteiger partial charge in [0.05, 0.1) is 6.10 Å². The molecular weight excluding hydrogens is 240 g/mol. The second-order valence-corrected chi connectivity index (χ2v) is 7.17. The third-order valence-electron chi connectivity index (χ3n) is 3.75. The lowest BCUT2D eigenvalue weighted by atomic mass is 10.0. The zero-order valence-electron chi connectivity index (χ0n) is 10.4. The molecule has 0 aliphatic carbocycles. The van der Waals surface area contributed by atoms with E-state index in [1.807, 2.05) is 0 Å². The van der Waals surface area contributed by atoms with Crippen molar-refractivity contribution in [1.82, 2.24) is 8.61 Å². The predicted octanol–water partition coefficient (Wildman–Crippen LogP) is 0.420. The summed E-state index contributed by atoms with van der Waals surface area (Å²) in [6.45, 7) is 4.21. The van der Waals surface area contributed by atoms with Crippen molar-refractivity contribution in [2.45, 2.75) is 38.7 Å². The molecule has 2 saturated heterocycles. The Kier molecular flexibility index (Phi) is 4.07. The van der Waals surface area contributed by atoms with Crippen LogP contribution in [0.1, 0.15) is 32.6 Å². The van der Waals surface area contributed by atoms with E-state index in [2.05, 4.69) is 6.92 Å². The lowest BCUT2D eigenvalue weighted by Gasteiger charge is -2.36. The summed E-state index contributed by atoms with van der Waals surface area (Å²) in [4.78, 5) is 0. The maximum Gasteiger partial charge on any atom is 0.282 e. The normalized spacial score (nSPS) is 30.6. The first-order chi connectivity index (χ1) is 8.00. The molecule has 0 saturated carbocycles. The van der Waals surface area contributed by atoms with Crippen molar-refractivity contribution in [3.05, 3.63) is 0 Å². The lowest BCUT2D eigenvalue weighted by molar-refractivity contribution is 0.103. The minimum Gasteiger partial charge on any atom is -0.392 e. The number of hydrogen-bond donors (Lipinski definition) is 1. The number of rotatable bonds is 2. The van der Waals surface area contributed by atoms with Crippen molar-refractivity contribution in [3.8, 4) is 0 Å². The summed E-state index contributed by atoms with van der Waals surface area (Å²) in [5.74, 6) is 0.619. The molecule has 2 fully saturated rings. The van der Waals surface area contributed by atoms with E-state index in [9.17, 15) is 13.5 Å². The van der Waals surface area contributed by atoms with Crippen LogP contribution in [0, 0.1) is 5.92 Å². The Labute approximate surface area is 104 Å². The van der Waals surface area contributed by atoms with Gasteiger partial charge in [0.2, 0.25) is 0 Å². The maximum atomic E-state index is 12.3. The number of aliphatic hydroxyl groups is 1. The van der Waals surface area contributed by atoms with Gasteiger partial charge >= 0.3 is 0 Å². The molecule has 0 spiro atoms. The van der Waals surface area contributed by atoms with Crippen molar-refractivity contribution >= 4 is 10.2 Å². The van der Waals surface area contributed by atoms with Crippen LogP contribution in [0.25, 0.3) is 0 Å². The van der Waals surface area contributed by atoms with Gasteiger partial charge in [-0.05, 0) is 31.6 Å². The SMILES string of the molecule is CC1CCN(S(=O)(=O)N2CCC[C@H](O)C2)CC1. The van der Waals surface area contributed by atoms with Gasteiger partial charge in [-0.15, -0.1) is 0 Å². The van der Waals surface area contributed by atoms with E-state index in [-0.39, 0.29) is 6.54 Å². The number of β-amino-alcohol motifs (C(OH)–C–C–N with tert-alkyl or cyclic N) is 1. The molecule has 1 N–H and O–H groups in total. The molecule has 2 aliphatic rings. The molecule has 2 heterocycles. The molecule has 100 valence electrons. The first-order valence-electron chi connectivity index (χ1n) is 6.43. The topological polar surface area (TPSA) is 60.9 Å². The van der Waals surface area contributed by atoms with Crippen molar-refractivity contribution in [2.24, 2.45) is 5.92 Å². The molecule has 0 bridgehead atoms. The van der Waals surface area contributed by atoms with E-state index in [0.29, 0.717) is 32.0 Å². The van der Waals surface area contributed by atoms with Crippen LogP contribution in [0.5, 0.6) is 0 Å².